The maximum Gasteiger partial charge on any atom is 1.00 e. The largest absolute Gasteiger partial charge is 1.00 e. The second-order valence-electron chi connectivity index (χ2n) is 6.80. The van der Waals surface area contributed by atoms with Gasteiger partial charge in [0, 0.05) is 11.9 Å². The number of carboxylic acids is 1. The number of hydrogen-bond acceptors (Lipinski definition) is 6. The first-order valence-electron chi connectivity index (χ1n) is 8.03. The summed E-state index contributed by atoms with van der Waals surface area (Å²) in [6.07, 6.45) is -1.03. The summed E-state index contributed by atoms with van der Waals surface area (Å²) in [7, 11) is 1.35. The number of carbonyl (C=O) groups excluding carboxylic acids is 1. The van der Waals surface area contributed by atoms with E-state index in [1.165, 1.54) is 29.8 Å². The summed E-state index contributed by atoms with van der Waals surface area (Å²) in [5.74, 6) is -2.17. The van der Waals surface area contributed by atoms with E-state index in [9.17, 15) is 19.8 Å². The minimum Gasteiger partial charge on any atom is -0.860 e. The molecule has 0 spiro atoms. The number of rotatable bonds is 5. The molecule has 1 N–H and O–H groups in total. The zero-order chi connectivity index (χ0) is 20.1. The fourth-order valence-electron chi connectivity index (χ4n) is 3.37. The molecule has 146 valence electrons. The summed E-state index contributed by atoms with van der Waals surface area (Å²) in [6.45, 7) is 3.52. The number of hydrogen-bond donors (Lipinski definition) is 1. The molecule has 7 nitrogen and oxygen atoms in total. The third-order valence-corrected chi connectivity index (χ3v) is 6.92. The zero-order valence-electron chi connectivity index (χ0n) is 15.7. The molecule has 0 aliphatic carbocycles. The first-order chi connectivity index (χ1) is 12.6. The van der Waals surface area contributed by atoms with E-state index in [1.807, 2.05) is 0 Å². The molecule has 2 aliphatic rings. The van der Waals surface area contributed by atoms with Crippen molar-refractivity contribution in [3.63, 3.8) is 0 Å². The fourth-order valence-corrected chi connectivity index (χ4v) is 5.29. The van der Waals surface area contributed by atoms with E-state index >= 15 is 0 Å². The molecule has 4 atom stereocenters. The Balaban J connectivity index is 0.00000280. The number of β-lactam (4-membered cyclic amide) rings is 1. The van der Waals surface area contributed by atoms with Gasteiger partial charge in [-0.25, -0.2) is 4.79 Å². The Labute approximate surface area is 198 Å². The molecule has 2 aliphatic heterocycles. The van der Waals surface area contributed by atoms with Gasteiger partial charge in [-0.05, 0) is 37.4 Å². The Morgan fingerprint density at radius 1 is 1.39 bits per heavy atom. The summed E-state index contributed by atoms with van der Waals surface area (Å²) < 4.78 is 4.56. The number of aliphatic carboxylic acids is 1. The Kier molecular flexibility index (Phi) is 7.41. The predicted octanol–water partition coefficient (Wildman–Crippen LogP) is -1.04. The van der Waals surface area contributed by atoms with Crippen LogP contribution < -0.4 is 34.7 Å². The van der Waals surface area contributed by atoms with Gasteiger partial charge in [-0.15, -0.1) is 11.8 Å². The standard InChI is InChI=1S/C17H18Cl2N2O5S.Na/c1-17(2)12(16(24)25)21-14(23)10(15(21)27-17)20-13(22)11(26-3)7-4-5-8(18)9(19)6-7;/h4-6,10-12,15H,1-3H3,(H,20,22)(H,24,25);/q;+1/p-1/t10-,11?,12+,15-;/m1./s1. The third-order valence-electron chi connectivity index (χ3n) is 4.62. The van der Waals surface area contributed by atoms with Crippen LogP contribution in [0.3, 0.4) is 0 Å². The van der Waals surface area contributed by atoms with E-state index in [2.05, 4.69) is 4.99 Å². The van der Waals surface area contributed by atoms with Crippen LogP contribution in [0.1, 0.15) is 25.5 Å². The van der Waals surface area contributed by atoms with E-state index in [0.717, 1.165) is 0 Å². The van der Waals surface area contributed by atoms with Gasteiger partial charge in [0.05, 0.1) is 10.0 Å². The molecule has 3 rings (SSSR count). The number of thioether (sulfide) groups is 1. The number of benzene rings is 1. The summed E-state index contributed by atoms with van der Waals surface area (Å²) >= 11 is 13.2. The Morgan fingerprint density at radius 3 is 2.57 bits per heavy atom. The van der Waals surface area contributed by atoms with Gasteiger partial charge in [0.15, 0.2) is 6.04 Å². The van der Waals surface area contributed by atoms with Crippen LogP contribution in [-0.4, -0.2) is 57.1 Å². The number of amides is 1. The van der Waals surface area contributed by atoms with E-state index < -0.39 is 46.1 Å². The minimum absolute atomic E-state index is 0. The van der Waals surface area contributed by atoms with Gasteiger partial charge in [-0.2, -0.15) is 0 Å². The number of aliphatic imine (C=N–C) groups is 1. The average Bonchev–Trinajstić information content (AvgIpc) is 2.84. The van der Waals surface area contributed by atoms with Crippen molar-refractivity contribution in [3.8, 4) is 0 Å². The maximum atomic E-state index is 12.6. The number of halogens is 2. The molecule has 1 aromatic carbocycles. The van der Waals surface area contributed by atoms with Gasteiger partial charge in [0.2, 0.25) is 0 Å². The number of carbonyl (C=O) groups is 2. The van der Waals surface area contributed by atoms with Crippen molar-refractivity contribution in [3.05, 3.63) is 33.8 Å². The number of ether oxygens (including phenoxy) is 1. The van der Waals surface area contributed by atoms with Crippen LogP contribution >= 0.6 is 35.0 Å². The fraction of sp³-hybridized carbons (Fsp3) is 0.471. The van der Waals surface area contributed by atoms with Gasteiger partial charge < -0.3 is 19.8 Å². The second kappa shape index (κ2) is 8.71. The van der Waals surface area contributed by atoms with Crippen molar-refractivity contribution in [2.75, 3.05) is 7.11 Å². The number of fused-ring (bicyclic) bond motifs is 1. The van der Waals surface area contributed by atoms with Crippen molar-refractivity contribution in [1.29, 1.82) is 0 Å². The maximum absolute atomic E-state index is 12.6. The summed E-state index contributed by atoms with van der Waals surface area (Å²) in [6, 6.07) is 2.77. The Hall–Kier alpha value is -0.480. The predicted molar refractivity (Wildman–Crippen MR) is 101 cm³/mol. The van der Waals surface area contributed by atoms with Crippen LogP contribution in [0.5, 0.6) is 0 Å². The first kappa shape index (κ1) is 23.8. The molecule has 2 heterocycles. The molecular weight excluding hydrogens is 438 g/mol. The quantitative estimate of drug-likeness (QED) is 0.264. The van der Waals surface area contributed by atoms with Gasteiger partial charge in [0.25, 0.3) is 5.91 Å². The average molecular weight is 455 g/mol. The SMILES string of the molecule is COC(C([O-])=N[C@@H]1C(=O)N2[C@@H]1SC(C)(C)[C@@H]2C(=O)O)c1ccc(Cl)c(Cl)c1.[Na+]. The van der Waals surface area contributed by atoms with Crippen molar-refractivity contribution in [2.45, 2.75) is 42.2 Å². The number of methoxy groups -OCH3 is 1. The summed E-state index contributed by atoms with van der Waals surface area (Å²) in [4.78, 5) is 29.3. The summed E-state index contributed by atoms with van der Waals surface area (Å²) in [5, 5.41) is 22.2. The molecule has 0 aromatic heterocycles. The van der Waals surface area contributed by atoms with Crippen LogP contribution in [0.2, 0.25) is 10.0 Å². The van der Waals surface area contributed by atoms with Crippen molar-refractivity contribution < 1.29 is 54.1 Å². The summed E-state index contributed by atoms with van der Waals surface area (Å²) in [5.41, 5.74) is 0.465. The topological polar surface area (TPSA) is 102 Å². The van der Waals surface area contributed by atoms with Crippen molar-refractivity contribution in [1.82, 2.24) is 4.90 Å². The van der Waals surface area contributed by atoms with Crippen LogP contribution in [0.4, 0.5) is 0 Å². The minimum atomic E-state index is -1.07. The number of nitrogens with zero attached hydrogens (tertiary/aromatic N) is 2. The van der Waals surface area contributed by atoms with Crippen LogP contribution in [0.15, 0.2) is 23.2 Å². The molecule has 2 saturated heterocycles. The normalized spacial score (nSPS) is 26.9. The van der Waals surface area contributed by atoms with Crippen LogP contribution in [0, 0.1) is 0 Å². The molecule has 0 radical (unpaired) electrons. The molecule has 2 fully saturated rings. The molecule has 0 bridgehead atoms. The van der Waals surface area contributed by atoms with Gasteiger partial charge in [-0.3, -0.25) is 9.79 Å². The van der Waals surface area contributed by atoms with Crippen molar-refractivity contribution in [2.24, 2.45) is 4.99 Å². The monoisotopic (exact) mass is 454 g/mol. The molecule has 0 saturated carbocycles. The van der Waals surface area contributed by atoms with Gasteiger partial charge in [-0.1, -0.05) is 29.3 Å². The Bertz CT molecular complexity index is 838. The van der Waals surface area contributed by atoms with Crippen LogP contribution in [-0.2, 0) is 14.3 Å². The molecular formula is C17H17Cl2N2NaO5S. The van der Waals surface area contributed by atoms with E-state index in [0.29, 0.717) is 10.6 Å². The first-order valence-corrected chi connectivity index (χ1v) is 9.67. The molecule has 1 amide bonds. The smallest absolute Gasteiger partial charge is 0.860 e. The van der Waals surface area contributed by atoms with Crippen molar-refractivity contribution >= 4 is 52.7 Å². The van der Waals surface area contributed by atoms with E-state index in [-0.39, 0.29) is 34.6 Å². The molecule has 1 unspecified atom stereocenters. The molecule has 11 heteroatoms. The Morgan fingerprint density at radius 2 is 2.04 bits per heavy atom. The van der Waals surface area contributed by atoms with Gasteiger partial charge in [0.1, 0.15) is 17.5 Å². The third kappa shape index (κ3) is 4.05. The van der Waals surface area contributed by atoms with E-state index in [4.69, 9.17) is 27.9 Å². The van der Waals surface area contributed by atoms with Crippen LogP contribution in [0.25, 0.3) is 0 Å². The van der Waals surface area contributed by atoms with E-state index in [1.54, 1.807) is 26.0 Å². The molecule has 28 heavy (non-hydrogen) atoms. The van der Waals surface area contributed by atoms with Gasteiger partial charge >= 0.3 is 35.5 Å². The zero-order valence-corrected chi connectivity index (χ0v) is 20.0. The second-order valence-corrected chi connectivity index (χ2v) is 9.38. The molecule has 1 aromatic rings. The number of carboxylic acid groups (broad SMARTS) is 1.